The van der Waals surface area contributed by atoms with Crippen molar-refractivity contribution in [2.75, 3.05) is 26.8 Å². The largest absolute Gasteiger partial charge is 0.494 e. The van der Waals surface area contributed by atoms with Crippen molar-refractivity contribution in [2.24, 2.45) is 0 Å². The minimum Gasteiger partial charge on any atom is -0.494 e. The van der Waals surface area contributed by atoms with Crippen LogP contribution in [0.4, 0.5) is 8.78 Å². The van der Waals surface area contributed by atoms with E-state index in [9.17, 15) is 8.78 Å². The molecule has 0 saturated heterocycles. The summed E-state index contributed by atoms with van der Waals surface area (Å²) in [5, 5.41) is 11.4. The molecule has 1 aromatic rings. The third-order valence-corrected chi connectivity index (χ3v) is 2.18. The van der Waals surface area contributed by atoms with E-state index in [2.05, 4.69) is 10.1 Å². The third kappa shape index (κ3) is 3.43. The van der Waals surface area contributed by atoms with Crippen molar-refractivity contribution >= 4 is 0 Å². The maximum atomic E-state index is 13.4. The van der Waals surface area contributed by atoms with Gasteiger partial charge in [0.1, 0.15) is 5.82 Å². The van der Waals surface area contributed by atoms with E-state index >= 15 is 0 Å². The van der Waals surface area contributed by atoms with E-state index < -0.39 is 11.6 Å². The first-order chi connectivity index (χ1) is 7.69. The lowest BCUT2D eigenvalue weighted by Gasteiger charge is -2.07. The third-order valence-electron chi connectivity index (χ3n) is 2.18. The number of benzene rings is 1. The zero-order valence-corrected chi connectivity index (χ0v) is 9.09. The lowest BCUT2D eigenvalue weighted by atomic mass is 10.1. The Morgan fingerprint density at radius 3 is 2.62 bits per heavy atom. The Morgan fingerprint density at radius 1 is 1.25 bits per heavy atom. The minimum atomic E-state index is -0.568. The first kappa shape index (κ1) is 12.9. The van der Waals surface area contributed by atoms with Gasteiger partial charge >= 0.3 is 0 Å². The first-order valence-electron chi connectivity index (χ1n) is 5.02. The Bertz CT molecular complexity index is 345. The second-order valence-corrected chi connectivity index (χ2v) is 3.30. The zero-order valence-electron chi connectivity index (χ0n) is 9.09. The average molecular weight is 231 g/mol. The molecule has 3 nitrogen and oxygen atoms in total. The smallest absolute Gasteiger partial charge is 0.165 e. The fourth-order valence-electron chi connectivity index (χ4n) is 1.34. The highest BCUT2D eigenvalue weighted by atomic mass is 19.1. The van der Waals surface area contributed by atoms with Crippen molar-refractivity contribution < 1.29 is 18.6 Å². The Hall–Kier alpha value is -1.20. The summed E-state index contributed by atoms with van der Waals surface area (Å²) in [7, 11) is 1.29. The van der Waals surface area contributed by atoms with E-state index in [1.807, 2.05) is 0 Å². The summed E-state index contributed by atoms with van der Waals surface area (Å²) in [4.78, 5) is 0. The van der Waals surface area contributed by atoms with Crippen LogP contribution in [0, 0.1) is 11.6 Å². The maximum absolute atomic E-state index is 13.4. The van der Waals surface area contributed by atoms with Gasteiger partial charge in [0.2, 0.25) is 0 Å². The highest BCUT2D eigenvalue weighted by Gasteiger charge is 2.09. The normalized spacial score (nSPS) is 10.5. The van der Waals surface area contributed by atoms with Gasteiger partial charge in [-0.2, -0.15) is 0 Å². The molecule has 0 radical (unpaired) electrons. The van der Waals surface area contributed by atoms with E-state index in [1.54, 1.807) is 0 Å². The molecule has 0 spiro atoms. The van der Waals surface area contributed by atoms with E-state index in [0.717, 1.165) is 12.1 Å². The Balaban J connectivity index is 2.63. The molecule has 0 atom stereocenters. The molecule has 0 aliphatic rings. The number of hydrogen-bond acceptors (Lipinski definition) is 3. The molecule has 90 valence electrons. The van der Waals surface area contributed by atoms with Crippen LogP contribution in [0.1, 0.15) is 5.56 Å². The molecule has 0 aliphatic heterocycles. The summed E-state index contributed by atoms with van der Waals surface area (Å²) in [5.41, 5.74) is 0.295. The molecule has 0 fully saturated rings. The van der Waals surface area contributed by atoms with Gasteiger partial charge in [0.15, 0.2) is 11.6 Å². The van der Waals surface area contributed by atoms with Crippen molar-refractivity contribution in [1.82, 2.24) is 5.32 Å². The lowest BCUT2D eigenvalue weighted by Crippen LogP contribution is -2.21. The fourth-order valence-corrected chi connectivity index (χ4v) is 1.34. The van der Waals surface area contributed by atoms with Gasteiger partial charge in [-0.25, -0.2) is 8.78 Å². The number of hydrogen-bond donors (Lipinski definition) is 2. The maximum Gasteiger partial charge on any atom is 0.165 e. The second kappa shape index (κ2) is 6.40. The predicted octanol–water partition coefficient (Wildman–Crippen LogP) is 1.10. The van der Waals surface area contributed by atoms with Crippen molar-refractivity contribution in [3.05, 3.63) is 29.3 Å². The molecule has 0 aliphatic carbocycles. The quantitative estimate of drug-likeness (QED) is 0.720. The highest BCUT2D eigenvalue weighted by molar-refractivity contribution is 5.31. The van der Waals surface area contributed by atoms with Gasteiger partial charge in [0.05, 0.1) is 13.7 Å². The average Bonchev–Trinajstić information content (AvgIpc) is 2.28. The minimum absolute atomic E-state index is 0.0272. The summed E-state index contributed by atoms with van der Waals surface area (Å²) >= 11 is 0. The number of halogens is 2. The number of aliphatic hydroxyl groups is 1. The Morgan fingerprint density at radius 2 is 2.00 bits per heavy atom. The fraction of sp³-hybridized carbons (Fsp3) is 0.455. The molecule has 2 N–H and O–H groups in total. The molecule has 0 unspecified atom stereocenters. The molecular weight excluding hydrogens is 216 g/mol. The first-order valence-corrected chi connectivity index (χ1v) is 5.02. The number of rotatable bonds is 6. The molecule has 0 aromatic heterocycles. The van der Waals surface area contributed by atoms with E-state index in [1.165, 1.54) is 7.11 Å². The summed E-state index contributed by atoms with van der Waals surface area (Å²) in [6, 6.07) is 2.17. The number of ether oxygens (including phenoxy) is 1. The van der Waals surface area contributed by atoms with E-state index in [-0.39, 0.29) is 12.4 Å². The van der Waals surface area contributed by atoms with Gasteiger partial charge in [0.25, 0.3) is 0 Å². The molecule has 1 rings (SSSR count). The van der Waals surface area contributed by atoms with Crippen molar-refractivity contribution in [1.29, 1.82) is 0 Å². The van der Waals surface area contributed by atoms with Crippen molar-refractivity contribution in [3.8, 4) is 5.75 Å². The van der Waals surface area contributed by atoms with Crippen molar-refractivity contribution in [2.45, 2.75) is 6.42 Å². The van der Waals surface area contributed by atoms with Crippen LogP contribution in [0.5, 0.6) is 5.75 Å². The van der Waals surface area contributed by atoms with E-state index in [0.29, 0.717) is 25.1 Å². The van der Waals surface area contributed by atoms with Crippen LogP contribution in [0.15, 0.2) is 12.1 Å². The van der Waals surface area contributed by atoms with E-state index in [4.69, 9.17) is 5.11 Å². The zero-order chi connectivity index (χ0) is 12.0. The van der Waals surface area contributed by atoms with Crippen LogP contribution in [-0.2, 0) is 6.42 Å². The standard InChI is InChI=1S/C11H15F2NO2/c1-16-11-7-9(12)8(6-10(11)13)2-3-14-4-5-15/h6-7,14-15H,2-5H2,1H3. The number of methoxy groups -OCH3 is 1. The number of nitrogens with one attached hydrogen (secondary N) is 1. The summed E-state index contributed by atoms with van der Waals surface area (Å²) in [5.74, 6) is -1.14. The Labute approximate surface area is 93.0 Å². The van der Waals surface area contributed by atoms with Gasteiger partial charge in [-0.1, -0.05) is 0 Å². The summed E-state index contributed by atoms with van der Waals surface area (Å²) in [6.45, 7) is 0.961. The van der Waals surface area contributed by atoms with Crippen LogP contribution in [0.2, 0.25) is 0 Å². The van der Waals surface area contributed by atoms with Crippen LogP contribution in [0.3, 0.4) is 0 Å². The summed E-state index contributed by atoms with van der Waals surface area (Å²) < 4.78 is 31.3. The second-order valence-electron chi connectivity index (χ2n) is 3.30. The van der Waals surface area contributed by atoms with Crippen LogP contribution in [-0.4, -0.2) is 31.9 Å². The SMILES string of the molecule is COc1cc(F)c(CCNCCO)cc1F. The van der Waals surface area contributed by atoms with Crippen LogP contribution in [0.25, 0.3) is 0 Å². The monoisotopic (exact) mass is 231 g/mol. The van der Waals surface area contributed by atoms with Gasteiger partial charge in [-0.15, -0.1) is 0 Å². The molecule has 0 saturated carbocycles. The Kier molecular flexibility index (Phi) is 5.14. The van der Waals surface area contributed by atoms with Crippen molar-refractivity contribution in [3.63, 3.8) is 0 Å². The van der Waals surface area contributed by atoms with Crippen LogP contribution < -0.4 is 10.1 Å². The van der Waals surface area contributed by atoms with Gasteiger partial charge in [0, 0.05) is 12.6 Å². The van der Waals surface area contributed by atoms with Gasteiger partial charge < -0.3 is 15.2 Å². The predicted molar refractivity (Wildman–Crippen MR) is 56.6 cm³/mol. The molecule has 0 bridgehead atoms. The molecule has 16 heavy (non-hydrogen) atoms. The molecule has 1 aromatic carbocycles. The molecular formula is C11H15F2NO2. The molecule has 5 heteroatoms. The molecule has 0 amide bonds. The van der Waals surface area contributed by atoms with Crippen LogP contribution >= 0.6 is 0 Å². The summed E-state index contributed by atoms with van der Waals surface area (Å²) in [6.07, 6.45) is 0.368. The molecule has 0 heterocycles. The van der Waals surface area contributed by atoms with Gasteiger partial charge in [-0.05, 0) is 24.6 Å². The van der Waals surface area contributed by atoms with Gasteiger partial charge in [-0.3, -0.25) is 0 Å². The number of aliphatic hydroxyl groups excluding tert-OH is 1. The lowest BCUT2D eigenvalue weighted by molar-refractivity contribution is 0.292. The highest BCUT2D eigenvalue weighted by Crippen LogP contribution is 2.21. The topological polar surface area (TPSA) is 41.5 Å².